The summed E-state index contributed by atoms with van der Waals surface area (Å²) in [5, 5.41) is 2.03. The molecule has 0 spiro atoms. The number of alkyl halides is 1. The van der Waals surface area contributed by atoms with Gasteiger partial charge in [0.2, 0.25) is 5.91 Å². The molecular formula is C24H22ClFN2O2. The topological polar surface area (TPSA) is 49.4 Å². The van der Waals surface area contributed by atoms with Crippen LogP contribution < -0.4 is 10.2 Å². The van der Waals surface area contributed by atoms with Crippen LogP contribution in [0.15, 0.2) is 84.9 Å². The summed E-state index contributed by atoms with van der Waals surface area (Å²) < 4.78 is 13.3. The van der Waals surface area contributed by atoms with Crippen molar-refractivity contribution in [3.05, 3.63) is 102 Å². The molecule has 154 valence electrons. The molecule has 0 bridgehead atoms. The summed E-state index contributed by atoms with van der Waals surface area (Å²) in [5.74, 6) is -0.842. The second-order valence-electron chi connectivity index (χ2n) is 6.72. The second kappa shape index (κ2) is 10.6. The lowest BCUT2D eigenvalue weighted by Gasteiger charge is -2.23. The van der Waals surface area contributed by atoms with E-state index in [0.717, 1.165) is 5.56 Å². The second-order valence-corrected chi connectivity index (χ2v) is 7.15. The van der Waals surface area contributed by atoms with E-state index in [2.05, 4.69) is 5.32 Å². The van der Waals surface area contributed by atoms with E-state index < -0.39 is 5.38 Å². The van der Waals surface area contributed by atoms with E-state index in [4.69, 9.17) is 11.6 Å². The molecule has 1 unspecified atom stereocenters. The zero-order valence-electron chi connectivity index (χ0n) is 16.3. The summed E-state index contributed by atoms with van der Waals surface area (Å²) in [6.45, 7) is 0.715. The van der Waals surface area contributed by atoms with Crippen LogP contribution in [0.5, 0.6) is 0 Å². The van der Waals surface area contributed by atoms with Crippen molar-refractivity contribution in [2.45, 2.75) is 11.8 Å². The smallest absolute Gasteiger partial charge is 0.258 e. The Balaban J connectivity index is 1.62. The number of benzene rings is 3. The summed E-state index contributed by atoms with van der Waals surface area (Å²) in [4.78, 5) is 26.8. The molecule has 2 amide bonds. The van der Waals surface area contributed by atoms with Crippen LogP contribution >= 0.6 is 11.6 Å². The summed E-state index contributed by atoms with van der Waals surface area (Å²) in [6.07, 6.45) is 0.514. The Morgan fingerprint density at radius 1 is 0.900 bits per heavy atom. The third-order valence-corrected chi connectivity index (χ3v) is 5.03. The molecule has 3 rings (SSSR count). The van der Waals surface area contributed by atoms with Gasteiger partial charge in [0.15, 0.2) is 0 Å². The fourth-order valence-electron chi connectivity index (χ4n) is 3.02. The van der Waals surface area contributed by atoms with Crippen molar-refractivity contribution in [3.8, 4) is 0 Å². The van der Waals surface area contributed by atoms with Gasteiger partial charge >= 0.3 is 0 Å². The van der Waals surface area contributed by atoms with Crippen LogP contribution in [0.2, 0.25) is 0 Å². The van der Waals surface area contributed by atoms with Crippen LogP contribution in [-0.4, -0.2) is 24.9 Å². The SMILES string of the molecule is O=C(NCCCN(C(=O)c1ccccc1)c1ccc(F)cc1)C(Cl)c1ccccc1. The fraction of sp³-hybridized carbons (Fsp3) is 0.167. The minimum absolute atomic E-state index is 0.187. The number of carbonyl (C=O) groups excluding carboxylic acids is 2. The van der Waals surface area contributed by atoms with Gasteiger partial charge in [-0.2, -0.15) is 0 Å². The number of hydrogen-bond acceptors (Lipinski definition) is 2. The minimum Gasteiger partial charge on any atom is -0.354 e. The molecule has 30 heavy (non-hydrogen) atoms. The number of carbonyl (C=O) groups is 2. The largest absolute Gasteiger partial charge is 0.354 e. The number of nitrogens with one attached hydrogen (secondary N) is 1. The summed E-state index contributed by atoms with van der Waals surface area (Å²) in [7, 11) is 0. The molecule has 0 saturated carbocycles. The number of amides is 2. The lowest BCUT2D eigenvalue weighted by molar-refractivity contribution is -0.120. The Bertz CT molecular complexity index is 966. The highest BCUT2D eigenvalue weighted by Crippen LogP contribution is 2.20. The molecule has 0 aliphatic rings. The third-order valence-electron chi connectivity index (χ3n) is 4.58. The highest BCUT2D eigenvalue weighted by molar-refractivity contribution is 6.30. The molecule has 0 heterocycles. The molecule has 0 aliphatic heterocycles. The molecule has 3 aromatic carbocycles. The predicted octanol–water partition coefficient (Wildman–Crippen LogP) is 4.96. The molecule has 0 aliphatic carbocycles. The lowest BCUT2D eigenvalue weighted by atomic mass is 10.1. The van der Waals surface area contributed by atoms with Gasteiger partial charge in [0.05, 0.1) is 0 Å². The monoisotopic (exact) mass is 424 g/mol. The van der Waals surface area contributed by atoms with Crippen molar-refractivity contribution in [2.75, 3.05) is 18.0 Å². The first-order chi connectivity index (χ1) is 14.6. The van der Waals surface area contributed by atoms with Crippen LogP contribution in [0, 0.1) is 5.82 Å². The van der Waals surface area contributed by atoms with E-state index in [9.17, 15) is 14.0 Å². The van der Waals surface area contributed by atoms with Gasteiger partial charge in [-0.3, -0.25) is 9.59 Å². The maximum Gasteiger partial charge on any atom is 0.258 e. The van der Waals surface area contributed by atoms with E-state index in [1.165, 1.54) is 12.1 Å². The first-order valence-electron chi connectivity index (χ1n) is 9.65. The molecule has 0 fully saturated rings. The van der Waals surface area contributed by atoms with Crippen LogP contribution in [0.25, 0.3) is 0 Å². The number of nitrogens with zero attached hydrogens (tertiary/aromatic N) is 1. The van der Waals surface area contributed by atoms with Crippen molar-refractivity contribution in [3.63, 3.8) is 0 Å². The average molecular weight is 425 g/mol. The molecule has 0 saturated heterocycles. The summed E-state index contributed by atoms with van der Waals surface area (Å²) in [5.41, 5.74) is 1.86. The molecule has 6 heteroatoms. The van der Waals surface area contributed by atoms with Crippen LogP contribution in [0.1, 0.15) is 27.7 Å². The van der Waals surface area contributed by atoms with Gasteiger partial charge in [-0.05, 0) is 48.4 Å². The van der Waals surface area contributed by atoms with E-state index in [1.807, 2.05) is 24.3 Å². The zero-order chi connectivity index (χ0) is 21.3. The predicted molar refractivity (Wildman–Crippen MR) is 117 cm³/mol. The van der Waals surface area contributed by atoms with Gasteiger partial charge < -0.3 is 10.2 Å². The van der Waals surface area contributed by atoms with Gasteiger partial charge in [0.1, 0.15) is 11.2 Å². The molecule has 0 aromatic heterocycles. The third kappa shape index (κ3) is 5.67. The molecule has 4 nitrogen and oxygen atoms in total. The Morgan fingerprint density at radius 3 is 2.13 bits per heavy atom. The number of anilines is 1. The standard InChI is InChI=1S/C24H22ClFN2O2/c25-22(18-8-3-1-4-9-18)23(29)27-16-7-17-28(21-14-12-20(26)13-15-21)24(30)19-10-5-2-6-11-19/h1-6,8-15,22H,7,16-17H2,(H,27,29). The highest BCUT2D eigenvalue weighted by Gasteiger charge is 2.19. The van der Waals surface area contributed by atoms with Crippen molar-refractivity contribution < 1.29 is 14.0 Å². The highest BCUT2D eigenvalue weighted by atomic mass is 35.5. The maximum absolute atomic E-state index is 13.3. The van der Waals surface area contributed by atoms with E-state index >= 15 is 0 Å². The molecular weight excluding hydrogens is 403 g/mol. The zero-order valence-corrected chi connectivity index (χ0v) is 17.1. The number of halogens is 2. The van der Waals surface area contributed by atoms with Gasteiger partial charge in [-0.25, -0.2) is 4.39 Å². The van der Waals surface area contributed by atoms with E-state index in [-0.39, 0.29) is 17.6 Å². The Labute approximate surface area is 180 Å². The van der Waals surface area contributed by atoms with Crippen molar-refractivity contribution in [1.29, 1.82) is 0 Å². The molecule has 1 atom stereocenters. The van der Waals surface area contributed by atoms with Crippen molar-refractivity contribution in [2.24, 2.45) is 0 Å². The Morgan fingerprint density at radius 2 is 1.50 bits per heavy atom. The maximum atomic E-state index is 13.3. The van der Waals surface area contributed by atoms with E-state index in [1.54, 1.807) is 53.4 Å². The lowest BCUT2D eigenvalue weighted by Crippen LogP contribution is -2.35. The van der Waals surface area contributed by atoms with Gasteiger partial charge in [-0.15, -0.1) is 11.6 Å². The molecule has 0 radical (unpaired) electrons. The Hall–Kier alpha value is -3.18. The van der Waals surface area contributed by atoms with Crippen LogP contribution in [0.3, 0.4) is 0 Å². The first-order valence-corrected chi connectivity index (χ1v) is 10.1. The summed E-state index contributed by atoms with van der Waals surface area (Å²) in [6, 6.07) is 23.8. The Kier molecular flexibility index (Phi) is 7.57. The normalized spacial score (nSPS) is 11.5. The van der Waals surface area contributed by atoms with Crippen molar-refractivity contribution >= 4 is 29.1 Å². The number of hydrogen-bond donors (Lipinski definition) is 1. The van der Waals surface area contributed by atoms with Crippen LogP contribution in [-0.2, 0) is 4.79 Å². The van der Waals surface area contributed by atoms with E-state index in [0.29, 0.717) is 30.8 Å². The van der Waals surface area contributed by atoms with Gasteiger partial charge in [0, 0.05) is 24.3 Å². The first kappa shape index (κ1) is 21.5. The molecule has 1 N–H and O–H groups in total. The molecule has 3 aromatic rings. The summed E-state index contributed by atoms with van der Waals surface area (Å²) >= 11 is 6.23. The number of rotatable bonds is 8. The van der Waals surface area contributed by atoms with Crippen LogP contribution in [0.4, 0.5) is 10.1 Å². The van der Waals surface area contributed by atoms with Gasteiger partial charge in [-0.1, -0.05) is 48.5 Å². The minimum atomic E-state index is -0.773. The van der Waals surface area contributed by atoms with Gasteiger partial charge in [0.25, 0.3) is 5.91 Å². The fourth-order valence-corrected chi connectivity index (χ4v) is 3.24. The quantitative estimate of drug-likeness (QED) is 0.410. The average Bonchev–Trinajstić information content (AvgIpc) is 2.80. The van der Waals surface area contributed by atoms with Crippen molar-refractivity contribution in [1.82, 2.24) is 5.32 Å².